The second-order valence-corrected chi connectivity index (χ2v) is 4.24. The maximum absolute atomic E-state index is 4.35. The zero-order chi connectivity index (χ0) is 9.80. The summed E-state index contributed by atoms with van der Waals surface area (Å²) in [6.45, 7) is 4.12. The van der Waals surface area contributed by atoms with Crippen LogP contribution in [-0.2, 0) is 6.54 Å². The first-order valence-electron chi connectivity index (χ1n) is 5.47. The van der Waals surface area contributed by atoms with Gasteiger partial charge in [0.25, 0.3) is 0 Å². The molecule has 0 aliphatic heterocycles. The van der Waals surface area contributed by atoms with E-state index >= 15 is 0 Å². The van der Waals surface area contributed by atoms with Crippen LogP contribution in [0.3, 0.4) is 0 Å². The average molecular weight is 190 g/mol. The summed E-state index contributed by atoms with van der Waals surface area (Å²) in [5.74, 6) is 1.02. The zero-order valence-corrected chi connectivity index (χ0v) is 8.79. The molecule has 14 heavy (non-hydrogen) atoms. The van der Waals surface area contributed by atoms with E-state index in [2.05, 4.69) is 29.4 Å². The lowest BCUT2D eigenvalue weighted by atomic mass is 10.2. The van der Waals surface area contributed by atoms with Crippen LogP contribution in [0.5, 0.6) is 0 Å². The molecule has 0 radical (unpaired) electrons. The Kier molecular flexibility index (Phi) is 3.14. The first-order valence-corrected chi connectivity index (χ1v) is 5.47. The Morgan fingerprint density at radius 3 is 2.93 bits per heavy atom. The van der Waals surface area contributed by atoms with Crippen molar-refractivity contribution in [2.45, 2.75) is 32.7 Å². The van der Waals surface area contributed by atoms with Crippen LogP contribution in [0, 0.1) is 12.8 Å². The maximum Gasteiger partial charge on any atom is 0.0541 e. The van der Waals surface area contributed by atoms with Gasteiger partial charge >= 0.3 is 0 Å². The standard InChI is InChI=1S/C12H18N2/c1-10-2-5-12(14-8-10)9-13-7-6-11-3-4-11/h2,5,8,11,13H,3-4,6-7,9H2,1H3. The molecule has 1 aliphatic carbocycles. The molecule has 0 bridgehead atoms. The molecule has 0 amide bonds. The van der Waals surface area contributed by atoms with E-state index in [1.165, 1.54) is 24.8 Å². The summed E-state index contributed by atoms with van der Waals surface area (Å²) >= 11 is 0. The van der Waals surface area contributed by atoms with Crippen LogP contribution < -0.4 is 5.32 Å². The number of hydrogen-bond acceptors (Lipinski definition) is 2. The lowest BCUT2D eigenvalue weighted by Gasteiger charge is -2.03. The van der Waals surface area contributed by atoms with Crippen LogP contribution in [0.25, 0.3) is 0 Å². The Balaban J connectivity index is 1.66. The van der Waals surface area contributed by atoms with Crippen molar-refractivity contribution >= 4 is 0 Å². The number of rotatable bonds is 5. The molecule has 1 fully saturated rings. The third kappa shape index (κ3) is 3.11. The van der Waals surface area contributed by atoms with Gasteiger partial charge in [-0.25, -0.2) is 0 Å². The molecule has 76 valence electrons. The minimum atomic E-state index is 0.910. The van der Waals surface area contributed by atoms with E-state index in [4.69, 9.17) is 0 Å². The molecule has 0 unspecified atom stereocenters. The van der Waals surface area contributed by atoms with Crippen molar-refractivity contribution in [3.63, 3.8) is 0 Å². The van der Waals surface area contributed by atoms with E-state index < -0.39 is 0 Å². The molecular weight excluding hydrogens is 172 g/mol. The van der Waals surface area contributed by atoms with Gasteiger partial charge in [0.2, 0.25) is 0 Å². The number of aryl methyl sites for hydroxylation is 1. The summed E-state index contributed by atoms with van der Waals surface area (Å²) < 4.78 is 0. The number of nitrogens with one attached hydrogen (secondary N) is 1. The number of aromatic nitrogens is 1. The Hall–Kier alpha value is -0.890. The van der Waals surface area contributed by atoms with E-state index in [9.17, 15) is 0 Å². The molecule has 2 rings (SSSR count). The van der Waals surface area contributed by atoms with Crippen LogP contribution in [-0.4, -0.2) is 11.5 Å². The molecule has 2 heteroatoms. The van der Waals surface area contributed by atoms with E-state index in [0.29, 0.717) is 0 Å². The monoisotopic (exact) mass is 190 g/mol. The topological polar surface area (TPSA) is 24.9 Å². The fourth-order valence-electron chi connectivity index (χ4n) is 1.53. The lowest BCUT2D eigenvalue weighted by molar-refractivity contribution is 0.606. The van der Waals surface area contributed by atoms with Crippen molar-refractivity contribution in [2.24, 2.45) is 5.92 Å². The molecule has 1 aromatic rings. The zero-order valence-electron chi connectivity index (χ0n) is 8.79. The van der Waals surface area contributed by atoms with Gasteiger partial charge in [0.05, 0.1) is 5.69 Å². The van der Waals surface area contributed by atoms with E-state index in [1.807, 2.05) is 6.20 Å². The second-order valence-electron chi connectivity index (χ2n) is 4.24. The van der Waals surface area contributed by atoms with Crippen molar-refractivity contribution in [2.75, 3.05) is 6.54 Å². The Morgan fingerprint density at radius 2 is 2.29 bits per heavy atom. The second kappa shape index (κ2) is 4.56. The van der Waals surface area contributed by atoms with Gasteiger partial charge in [0.15, 0.2) is 0 Å². The van der Waals surface area contributed by atoms with Gasteiger partial charge < -0.3 is 5.32 Å². The molecule has 0 spiro atoms. The smallest absolute Gasteiger partial charge is 0.0541 e. The van der Waals surface area contributed by atoms with Gasteiger partial charge in [0.1, 0.15) is 0 Å². The Morgan fingerprint density at radius 1 is 1.43 bits per heavy atom. The fourth-order valence-corrected chi connectivity index (χ4v) is 1.53. The van der Waals surface area contributed by atoms with Gasteiger partial charge in [-0.2, -0.15) is 0 Å². The third-order valence-corrected chi connectivity index (χ3v) is 2.71. The van der Waals surface area contributed by atoms with Crippen LogP contribution in [0.1, 0.15) is 30.5 Å². The molecule has 1 aliphatic rings. The normalized spacial score (nSPS) is 15.8. The highest BCUT2D eigenvalue weighted by Crippen LogP contribution is 2.31. The lowest BCUT2D eigenvalue weighted by Crippen LogP contribution is -2.15. The predicted molar refractivity (Wildman–Crippen MR) is 58.0 cm³/mol. The highest BCUT2D eigenvalue weighted by Gasteiger charge is 2.19. The predicted octanol–water partition coefficient (Wildman–Crippen LogP) is 2.28. The summed E-state index contributed by atoms with van der Waals surface area (Å²) in [5.41, 5.74) is 2.37. The number of pyridine rings is 1. The van der Waals surface area contributed by atoms with Gasteiger partial charge in [-0.15, -0.1) is 0 Å². The average Bonchev–Trinajstić information content (AvgIpc) is 2.99. The quantitative estimate of drug-likeness (QED) is 0.720. The molecule has 2 nitrogen and oxygen atoms in total. The van der Waals surface area contributed by atoms with Gasteiger partial charge in [0, 0.05) is 12.7 Å². The highest BCUT2D eigenvalue weighted by atomic mass is 14.9. The van der Waals surface area contributed by atoms with Crippen molar-refractivity contribution in [1.29, 1.82) is 0 Å². The Labute approximate surface area is 85.7 Å². The summed E-state index contributed by atoms with van der Waals surface area (Å²) in [6.07, 6.45) is 6.17. The first kappa shape index (κ1) is 9.66. The van der Waals surface area contributed by atoms with Gasteiger partial charge in [-0.1, -0.05) is 18.9 Å². The molecule has 1 N–H and O–H groups in total. The maximum atomic E-state index is 4.35. The van der Waals surface area contributed by atoms with Crippen molar-refractivity contribution in [1.82, 2.24) is 10.3 Å². The minimum absolute atomic E-state index is 0.910. The van der Waals surface area contributed by atoms with Gasteiger partial charge in [-0.05, 0) is 37.4 Å². The SMILES string of the molecule is Cc1ccc(CNCCC2CC2)nc1. The molecule has 1 saturated carbocycles. The number of nitrogens with zero attached hydrogens (tertiary/aromatic N) is 1. The van der Waals surface area contributed by atoms with Crippen molar-refractivity contribution in [3.8, 4) is 0 Å². The van der Waals surface area contributed by atoms with E-state index in [1.54, 1.807) is 0 Å². The summed E-state index contributed by atoms with van der Waals surface area (Å²) in [6, 6.07) is 4.21. The fraction of sp³-hybridized carbons (Fsp3) is 0.583. The molecule has 1 heterocycles. The summed E-state index contributed by atoms with van der Waals surface area (Å²) in [4.78, 5) is 4.35. The molecule has 0 atom stereocenters. The van der Waals surface area contributed by atoms with Crippen molar-refractivity contribution < 1.29 is 0 Å². The molecular formula is C12H18N2. The van der Waals surface area contributed by atoms with Crippen LogP contribution in [0.15, 0.2) is 18.3 Å². The minimum Gasteiger partial charge on any atom is -0.311 e. The molecule has 1 aromatic heterocycles. The van der Waals surface area contributed by atoms with Crippen molar-refractivity contribution in [3.05, 3.63) is 29.6 Å². The summed E-state index contributed by atoms with van der Waals surface area (Å²) in [5, 5.41) is 3.43. The van der Waals surface area contributed by atoms with Crippen LogP contribution in [0.4, 0.5) is 0 Å². The summed E-state index contributed by atoms with van der Waals surface area (Å²) in [7, 11) is 0. The number of hydrogen-bond donors (Lipinski definition) is 1. The molecule has 0 saturated heterocycles. The Bertz CT molecular complexity index is 275. The largest absolute Gasteiger partial charge is 0.311 e. The third-order valence-electron chi connectivity index (χ3n) is 2.71. The first-order chi connectivity index (χ1) is 6.84. The highest BCUT2D eigenvalue weighted by molar-refractivity contribution is 5.11. The van der Waals surface area contributed by atoms with Crippen LogP contribution >= 0.6 is 0 Å². The molecule has 0 aromatic carbocycles. The van der Waals surface area contributed by atoms with E-state index in [-0.39, 0.29) is 0 Å². The van der Waals surface area contributed by atoms with Gasteiger partial charge in [-0.3, -0.25) is 4.98 Å². The van der Waals surface area contributed by atoms with E-state index in [0.717, 1.165) is 24.7 Å². The van der Waals surface area contributed by atoms with Crippen LogP contribution in [0.2, 0.25) is 0 Å².